The number of hydrogen-bond donors (Lipinski definition) is 0. The van der Waals surface area contributed by atoms with E-state index in [9.17, 15) is 0 Å². The Bertz CT molecular complexity index is 1210. The highest BCUT2D eigenvalue weighted by Gasteiger charge is 2.22. The van der Waals surface area contributed by atoms with Crippen LogP contribution in [-0.4, -0.2) is 36.2 Å². The van der Waals surface area contributed by atoms with Crippen LogP contribution in [0.2, 0.25) is 0 Å². The number of methoxy groups -OCH3 is 1. The summed E-state index contributed by atoms with van der Waals surface area (Å²) >= 11 is 0. The van der Waals surface area contributed by atoms with Gasteiger partial charge in [-0.05, 0) is 42.0 Å². The van der Waals surface area contributed by atoms with Crippen LogP contribution >= 0.6 is 0 Å². The molecule has 0 radical (unpaired) electrons. The highest BCUT2D eigenvalue weighted by Crippen LogP contribution is 2.35. The lowest BCUT2D eigenvalue weighted by Gasteiger charge is -2.20. The van der Waals surface area contributed by atoms with Crippen LogP contribution in [0.5, 0.6) is 5.75 Å². The first-order valence-electron chi connectivity index (χ1n) is 10.4. The minimum absolute atomic E-state index is 0.190. The van der Waals surface area contributed by atoms with Gasteiger partial charge < -0.3 is 9.64 Å². The summed E-state index contributed by atoms with van der Waals surface area (Å²) in [6, 6.07) is 16.5. The van der Waals surface area contributed by atoms with Crippen molar-refractivity contribution in [3.8, 4) is 28.1 Å². The van der Waals surface area contributed by atoms with Gasteiger partial charge in [-0.3, -0.25) is 4.98 Å². The molecule has 4 rings (SSSR count). The van der Waals surface area contributed by atoms with Gasteiger partial charge in [0.05, 0.1) is 18.3 Å². The largest absolute Gasteiger partial charge is 0.497 e. The van der Waals surface area contributed by atoms with E-state index in [0.717, 1.165) is 50.5 Å². The lowest BCUT2D eigenvalue weighted by Crippen LogP contribution is -2.17. The number of benzene rings is 2. The highest BCUT2D eigenvalue weighted by atomic mass is 16.5. The Morgan fingerprint density at radius 1 is 0.806 bits per heavy atom. The van der Waals surface area contributed by atoms with Gasteiger partial charge in [0.2, 0.25) is 0 Å². The minimum atomic E-state index is -0.190. The zero-order chi connectivity index (χ0) is 22.2. The fourth-order valence-corrected chi connectivity index (χ4v) is 3.50. The number of hydrogen-bond acceptors (Lipinski definition) is 5. The standard InChI is InChI=1S/C26H28N4O/c1-26(2,3)25-28-23(18-9-13-20(31-6)14-10-18)22-16-27-15-21(24(22)29-25)17-7-11-19(12-8-17)30(4)5/h7-16H,1-6H3. The van der Waals surface area contributed by atoms with Gasteiger partial charge in [0.25, 0.3) is 0 Å². The molecule has 0 saturated carbocycles. The molecule has 0 aliphatic carbocycles. The Labute approximate surface area is 183 Å². The van der Waals surface area contributed by atoms with Crippen LogP contribution in [-0.2, 0) is 5.41 Å². The van der Waals surface area contributed by atoms with Crippen LogP contribution in [0, 0.1) is 0 Å². The molecule has 0 spiro atoms. The molecule has 158 valence electrons. The van der Waals surface area contributed by atoms with Crippen molar-refractivity contribution in [1.29, 1.82) is 0 Å². The Balaban J connectivity index is 1.97. The SMILES string of the molecule is COc1ccc(-c2nc(C(C)(C)C)nc3c(-c4ccc(N(C)C)cc4)cncc23)cc1. The number of rotatable bonds is 4. The third kappa shape index (κ3) is 4.08. The first-order valence-corrected chi connectivity index (χ1v) is 10.4. The molecule has 0 saturated heterocycles. The fourth-order valence-electron chi connectivity index (χ4n) is 3.50. The topological polar surface area (TPSA) is 51.1 Å². The van der Waals surface area contributed by atoms with Crippen molar-refractivity contribution in [2.24, 2.45) is 0 Å². The summed E-state index contributed by atoms with van der Waals surface area (Å²) in [7, 11) is 5.75. The Morgan fingerprint density at radius 2 is 1.45 bits per heavy atom. The normalized spacial score (nSPS) is 11.5. The fraction of sp³-hybridized carbons (Fsp3) is 0.269. The maximum absolute atomic E-state index is 5.33. The van der Waals surface area contributed by atoms with E-state index in [4.69, 9.17) is 14.7 Å². The van der Waals surface area contributed by atoms with Gasteiger partial charge in [0.1, 0.15) is 11.6 Å². The quantitative estimate of drug-likeness (QED) is 0.428. The summed E-state index contributed by atoms with van der Waals surface area (Å²) in [5.41, 5.74) is 5.87. The maximum Gasteiger partial charge on any atom is 0.135 e. The lowest BCUT2D eigenvalue weighted by atomic mass is 9.94. The molecule has 0 unspecified atom stereocenters. The van der Waals surface area contributed by atoms with Gasteiger partial charge in [-0.1, -0.05) is 32.9 Å². The molecule has 2 aromatic heterocycles. The van der Waals surface area contributed by atoms with Crippen molar-refractivity contribution in [2.75, 3.05) is 26.1 Å². The molecule has 0 atom stereocenters. The second-order valence-corrected chi connectivity index (χ2v) is 8.90. The third-order valence-corrected chi connectivity index (χ3v) is 5.34. The summed E-state index contributed by atoms with van der Waals surface area (Å²) < 4.78 is 5.33. The van der Waals surface area contributed by atoms with E-state index >= 15 is 0 Å². The van der Waals surface area contributed by atoms with E-state index in [1.54, 1.807) is 7.11 Å². The minimum Gasteiger partial charge on any atom is -0.497 e. The number of ether oxygens (including phenoxy) is 1. The molecule has 0 N–H and O–H groups in total. The van der Waals surface area contributed by atoms with Crippen LogP contribution in [0.4, 0.5) is 5.69 Å². The summed E-state index contributed by atoms with van der Waals surface area (Å²) in [5.74, 6) is 1.63. The van der Waals surface area contributed by atoms with Crippen molar-refractivity contribution in [1.82, 2.24) is 15.0 Å². The van der Waals surface area contributed by atoms with Crippen LogP contribution in [0.15, 0.2) is 60.9 Å². The summed E-state index contributed by atoms with van der Waals surface area (Å²) in [5, 5.41) is 0.937. The monoisotopic (exact) mass is 412 g/mol. The molecule has 2 aromatic carbocycles. The van der Waals surface area contributed by atoms with Crippen molar-refractivity contribution >= 4 is 16.6 Å². The van der Waals surface area contributed by atoms with Crippen LogP contribution < -0.4 is 9.64 Å². The van der Waals surface area contributed by atoms with Crippen molar-refractivity contribution < 1.29 is 4.74 Å². The van der Waals surface area contributed by atoms with Crippen LogP contribution in [0.3, 0.4) is 0 Å². The maximum atomic E-state index is 5.33. The van der Waals surface area contributed by atoms with Crippen molar-refractivity contribution in [3.63, 3.8) is 0 Å². The Hall–Kier alpha value is -3.47. The molecule has 2 heterocycles. The van der Waals surface area contributed by atoms with E-state index in [1.165, 1.54) is 0 Å². The molecule has 31 heavy (non-hydrogen) atoms. The molecule has 0 amide bonds. The van der Waals surface area contributed by atoms with Gasteiger partial charge in [0, 0.05) is 54.1 Å². The van der Waals surface area contributed by atoms with Crippen LogP contribution in [0.1, 0.15) is 26.6 Å². The third-order valence-electron chi connectivity index (χ3n) is 5.34. The van der Waals surface area contributed by atoms with E-state index in [2.05, 4.69) is 54.9 Å². The van der Waals surface area contributed by atoms with Gasteiger partial charge in [-0.2, -0.15) is 0 Å². The molecular weight excluding hydrogens is 384 g/mol. The molecule has 4 aromatic rings. The molecule has 5 heteroatoms. The zero-order valence-corrected chi connectivity index (χ0v) is 19.0. The van der Waals surface area contributed by atoms with Gasteiger partial charge >= 0.3 is 0 Å². The summed E-state index contributed by atoms with van der Waals surface area (Å²) in [6.45, 7) is 6.41. The number of pyridine rings is 1. The average molecular weight is 413 g/mol. The second-order valence-electron chi connectivity index (χ2n) is 8.90. The molecule has 5 nitrogen and oxygen atoms in total. The Kier molecular flexibility index (Phi) is 5.36. The number of aromatic nitrogens is 3. The first-order chi connectivity index (χ1) is 14.8. The first kappa shape index (κ1) is 20.8. The van der Waals surface area contributed by atoms with Crippen LogP contribution in [0.25, 0.3) is 33.3 Å². The van der Waals surface area contributed by atoms with Gasteiger partial charge in [-0.15, -0.1) is 0 Å². The number of anilines is 1. The zero-order valence-electron chi connectivity index (χ0n) is 19.0. The average Bonchev–Trinajstić information content (AvgIpc) is 2.77. The van der Waals surface area contributed by atoms with E-state index < -0.39 is 0 Å². The second kappa shape index (κ2) is 7.99. The van der Waals surface area contributed by atoms with E-state index in [-0.39, 0.29) is 5.41 Å². The molecular formula is C26H28N4O. The summed E-state index contributed by atoms with van der Waals surface area (Å²) in [4.78, 5) is 16.6. The van der Waals surface area contributed by atoms with Crippen molar-refractivity contribution in [2.45, 2.75) is 26.2 Å². The molecule has 0 aliphatic heterocycles. The predicted molar refractivity (Wildman–Crippen MR) is 128 cm³/mol. The number of nitrogens with zero attached hydrogens (tertiary/aromatic N) is 4. The van der Waals surface area contributed by atoms with E-state index in [1.807, 2.05) is 50.8 Å². The molecule has 0 bridgehead atoms. The smallest absolute Gasteiger partial charge is 0.135 e. The van der Waals surface area contributed by atoms with Gasteiger partial charge in [-0.25, -0.2) is 9.97 Å². The highest BCUT2D eigenvalue weighted by molar-refractivity contribution is 6.00. The van der Waals surface area contributed by atoms with Gasteiger partial charge in [0.15, 0.2) is 0 Å². The Morgan fingerprint density at radius 3 is 2.03 bits per heavy atom. The molecule has 0 fully saturated rings. The predicted octanol–water partition coefficient (Wildman–Crippen LogP) is 5.73. The number of fused-ring (bicyclic) bond motifs is 1. The summed E-state index contributed by atoms with van der Waals surface area (Å²) in [6.07, 6.45) is 3.75. The molecule has 0 aliphatic rings. The van der Waals surface area contributed by atoms with E-state index in [0.29, 0.717) is 0 Å². The van der Waals surface area contributed by atoms with Crippen molar-refractivity contribution in [3.05, 3.63) is 66.7 Å². The lowest BCUT2D eigenvalue weighted by molar-refractivity contribution is 0.415.